The summed E-state index contributed by atoms with van der Waals surface area (Å²) < 4.78 is 14.7. The summed E-state index contributed by atoms with van der Waals surface area (Å²) in [5, 5.41) is 7.08. The third kappa shape index (κ3) is 3.11. The lowest BCUT2D eigenvalue weighted by Crippen LogP contribution is -2.40. The van der Waals surface area contributed by atoms with Crippen molar-refractivity contribution in [1.82, 2.24) is 24.5 Å². The highest BCUT2D eigenvalue weighted by Crippen LogP contribution is 2.18. The summed E-state index contributed by atoms with van der Waals surface area (Å²) in [6.07, 6.45) is 2.62. The first-order chi connectivity index (χ1) is 12.9. The van der Waals surface area contributed by atoms with Crippen molar-refractivity contribution < 1.29 is 9.18 Å². The van der Waals surface area contributed by atoms with Crippen LogP contribution in [0, 0.1) is 19.7 Å². The third-order valence-electron chi connectivity index (χ3n) is 5.16. The van der Waals surface area contributed by atoms with Crippen LogP contribution in [0.4, 0.5) is 4.39 Å². The first-order valence-corrected chi connectivity index (χ1v) is 8.92. The molecule has 0 unspecified atom stereocenters. The number of pyridine rings is 1. The number of rotatable bonds is 3. The van der Waals surface area contributed by atoms with Gasteiger partial charge in [0.1, 0.15) is 11.5 Å². The number of aromatic nitrogens is 4. The number of carbonyl (C=O) groups excluding carboxylic acids is 1. The number of nitrogens with one attached hydrogen (secondary N) is 1. The van der Waals surface area contributed by atoms with Crippen molar-refractivity contribution in [2.24, 2.45) is 0 Å². The summed E-state index contributed by atoms with van der Waals surface area (Å²) in [6, 6.07) is 2.77. The maximum atomic E-state index is 13.5. The van der Waals surface area contributed by atoms with E-state index in [0.717, 1.165) is 23.1 Å². The molecule has 0 saturated carbocycles. The van der Waals surface area contributed by atoms with E-state index in [1.54, 1.807) is 4.90 Å². The summed E-state index contributed by atoms with van der Waals surface area (Å²) in [5.41, 5.74) is 4.20. The molecule has 27 heavy (non-hydrogen) atoms. The van der Waals surface area contributed by atoms with Crippen molar-refractivity contribution in [3.05, 3.63) is 62.7 Å². The van der Waals surface area contributed by atoms with Crippen LogP contribution in [-0.2, 0) is 24.2 Å². The molecule has 0 atom stereocenters. The highest BCUT2D eigenvalue weighted by atomic mass is 19.1. The summed E-state index contributed by atoms with van der Waals surface area (Å²) in [6.45, 7) is 4.59. The van der Waals surface area contributed by atoms with Gasteiger partial charge in [0, 0.05) is 31.3 Å². The van der Waals surface area contributed by atoms with Gasteiger partial charge < -0.3 is 4.90 Å². The van der Waals surface area contributed by atoms with Crippen LogP contribution in [0.1, 0.15) is 34.6 Å². The minimum absolute atomic E-state index is 0.00982. The Kier molecular flexibility index (Phi) is 4.25. The summed E-state index contributed by atoms with van der Waals surface area (Å²) in [5.74, 6) is -0.509. The van der Waals surface area contributed by atoms with Gasteiger partial charge in [0.05, 0.1) is 23.5 Å². The highest BCUT2D eigenvalue weighted by molar-refractivity contribution is 5.76. The van der Waals surface area contributed by atoms with Crippen LogP contribution in [0.3, 0.4) is 0 Å². The molecular weight excluding hydrogens is 349 g/mol. The molecule has 4 heterocycles. The highest BCUT2D eigenvalue weighted by Gasteiger charge is 2.25. The molecule has 1 N–H and O–H groups in total. The smallest absolute Gasteiger partial charge is 0.263 e. The van der Waals surface area contributed by atoms with Crippen LogP contribution in [0.5, 0.6) is 0 Å². The number of H-pyrrole nitrogens is 1. The average Bonchev–Trinajstić information content (AvgIpc) is 2.98. The third-order valence-corrected chi connectivity index (χ3v) is 5.16. The summed E-state index contributed by atoms with van der Waals surface area (Å²) >= 11 is 0. The molecule has 1 aliphatic heterocycles. The van der Waals surface area contributed by atoms with Crippen molar-refractivity contribution in [1.29, 1.82) is 0 Å². The molecule has 0 saturated heterocycles. The zero-order valence-corrected chi connectivity index (χ0v) is 15.3. The molecule has 1 amide bonds. The minimum Gasteiger partial charge on any atom is -0.338 e. The van der Waals surface area contributed by atoms with Gasteiger partial charge in [-0.25, -0.2) is 9.37 Å². The zero-order chi connectivity index (χ0) is 19.1. The molecule has 0 fully saturated rings. The Bertz CT molecular complexity index is 1080. The number of hydrogen-bond donors (Lipinski definition) is 1. The van der Waals surface area contributed by atoms with E-state index >= 15 is 0 Å². The second-order valence-corrected chi connectivity index (χ2v) is 6.90. The quantitative estimate of drug-likeness (QED) is 0.762. The first kappa shape index (κ1) is 17.4. The van der Waals surface area contributed by atoms with Crippen molar-refractivity contribution in [2.75, 3.05) is 6.54 Å². The molecule has 1 aliphatic rings. The molecule has 8 heteroatoms. The van der Waals surface area contributed by atoms with E-state index in [2.05, 4.69) is 15.2 Å². The maximum absolute atomic E-state index is 13.5. The number of carbonyl (C=O) groups is 1. The maximum Gasteiger partial charge on any atom is 0.263 e. The van der Waals surface area contributed by atoms with Gasteiger partial charge in [0.15, 0.2) is 0 Å². The van der Waals surface area contributed by atoms with Crippen LogP contribution in [-0.4, -0.2) is 36.9 Å². The minimum atomic E-state index is -0.499. The van der Waals surface area contributed by atoms with Gasteiger partial charge >= 0.3 is 0 Å². The van der Waals surface area contributed by atoms with E-state index in [-0.39, 0.29) is 18.0 Å². The summed E-state index contributed by atoms with van der Waals surface area (Å²) in [7, 11) is 0. The monoisotopic (exact) mass is 369 g/mol. The van der Waals surface area contributed by atoms with E-state index in [4.69, 9.17) is 0 Å². The second kappa shape index (κ2) is 6.61. The lowest BCUT2D eigenvalue weighted by Gasteiger charge is -2.28. The molecule has 140 valence electrons. The Morgan fingerprint density at radius 3 is 2.89 bits per heavy atom. The molecule has 7 nitrogen and oxygen atoms in total. The van der Waals surface area contributed by atoms with E-state index in [1.807, 2.05) is 13.8 Å². The van der Waals surface area contributed by atoms with Gasteiger partial charge in [-0.2, -0.15) is 5.10 Å². The van der Waals surface area contributed by atoms with E-state index < -0.39 is 5.82 Å². The van der Waals surface area contributed by atoms with Crippen LogP contribution in [0.25, 0.3) is 5.65 Å². The largest absolute Gasteiger partial charge is 0.338 e. The van der Waals surface area contributed by atoms with Crippen LogP contribution < -0.4 is 5.56 Å². The van der Waals surface area contributed by atoms with Crippen LogP contribution in [0.2, 0.25) is 0 Å². The van der Waals surface area contributed by atoms with Gasteiger partial charge in [-0.05, 0) is 38.0 Å². The van der Waals surface area contributed by atoms with Gasteiger partial charge in [0.2, 0.25) is 5.91 Å². The fourth-order valence-electron chi connectivity index (χ4n) is 3.62. The lowest BCUT2D eigenvalue weighted by atomic mass is 10.0. The Balaban J connectivity index is 1.55. The molecule has 0 spiro atoms. The number of hydrogen-bond acceptors (Lipinski definition) is 4. The zero-order valence-electron chi connectivity index (χ0n) is 15.3. The van der Waals surface area contributed by atoms with E-state index in [1.165, 1.54) is 16.5 Å². The van der Waals surface area contributed by atoms with E-state index in [9.17, 15) is 14.0 Å². The van der Waals surface area contributed by atoms with Crippen LogP contribution in [0.15, 0.2) is 23.1 Å². The number of aromatic amines is 1. The molecule has 0 aromatic carbocycles. The lowest BCUT2D eigenvalue weighted by molar-refractivity contribution is -0.132. The van der Waals surface area contributed by atoms with Crippen molar-refractivity contribution >= 4 is 11.6 Å². The molecule has 0 radical (unpaired) electrons. The molecular formula is C19H20FN5O2. The fourth-order valence-corrected chi connectivity index (χ4v) is 3.62. The fraction of sp³-hybridized carbons (Fsp3) is 0.368. The van der Waals surface area contributed by atoms with Crippen LogP contribution >= 0.6 is 0 Å². The Hall–Kier alpha value is -3.03. The Morgan fingerprint density at radius 1 is 1.33 bits per heavy atom. The molecule has 3 aromatic heterocycles. The Morgan fingerprint density at radius 2 is 2.15 bits per heavy atom. The van der Waals surface area contributed by atoms with Gasteiger partial charge in [-0.15, -0.1) is 0 Å². The standard InChI is InChI=1S/C19H20FN5O2/c1-11-14(12(2)23-22-11)4-6-18(26)24-8-7-16-15(10-24)19(27)25-9-13(20)3-5-17(25)21-16/h3,5,9H,4,6-8,10H2,1-2H3,(H,22,23). The van der Waals surface area contributed by atoms with Crippen molar-refractivity contribution in [2.45, 2.75) is 39.7 Å². The van der Waals surface area contributed by atoms with Gasteiger partial charge in [0.25, 0.3) is 5.56 Å². The van der Waals surface area contributed by atoms with Crippen molar-refractivity contribution in [3.8, 4) is 0 Å². The van der Waals surface area contributed by atoms with Gasteiger partial charge in [-0.3, -0.25) is 19.1 Å². The normalized spacial score (nSPS) is 13.8. The number of nitrogens with zero attached hydrogens (tertiary/aromatic N) is 4. The first-order valence-electron chi connectivity index (χ1n) is 8.92. The SMILES string of the molecule is Cc1n[nH]c(C)c1CCC(=O)N1CCc2nc3ccc(F)cn3c(=O)c2C1. The molecule has 0 bridgehead atoms. The number of amides is 1. The molecule has 0 aliphatic carbocycles. The number of fused-ring (bicyclic) bond motifs is 2. The average molecular weight is 369 g/mol. The second-order valence-electron chi connectivity index (χ2n) is 6.90. The molecule has 3 aromatic rings. The summed E-state index contributed by atoms with van der Waals surface area (Å²) in [4.78, 5) is 31.5. The number of aryl methyl sites for hydroxylation is 2. The Labute approximate surface area is 154 Å². The predicted octanol–water partition coefficient (Wildman–Crippen LogP) is 1.69. The number of halogens is 1. The van der Waals surface area contributed by atoms with Gasteiger partial charge in [-0.1, -0.05) is 0 Å². The van der Waals surface area contributed by atoms with Crippen molar-refractivity contribution in [3.63, 3.8) is 0 Å². The topological polar surface area (TPSA) is 83.4 Å². The van der Waals surface area contributed by atoms with E-state index in [0.29, 0.717) is 42.7 Å². The molecule has 4 rings (SSSR count). The predicted molar refractivity (Wildman–Crippen MR) is 96.9 cm³/mol.